The molecule has 0 aliphatic heterocycles. The number of hydrogen-bond donors (Lipinski definition) is 1. The topological polar surface area (TPSA) is 32.3 Å². The van der Waals surface area contributed by atoms with Gasteiger partial charge in [0.15, 0.2) is 0 Å². The molecule has 1 amide bonds. The third-order valence-corrected chi connectivity index (χ3v) is 1.66. The second-order valence-electron chi connectivity index (χ2n) is 2.63. The van der Waals surface area contributed by atoms with Crippen molar-refractivity contribution in [1.29, 1.82) is 0 Å². The maximum Gasteiger partial charge on any atom is 0.236 e. The molecule has 0 aromatic heterocycles. The van der Waals surface area contributed by atoms with Crippen molar-refractivity contribution in [3.8, 4) is 0 Å². The highest BCUT2D eigenvalue weighted by molar-refractivity contribution is 5.77. The van der Waals surface area contributed by atoms with Crippen LogP contribution in [-0.4, -0.2) is 44.2 Å². The van der Waals surface area contributed by atoms with E-state index >= 15 is 0 Å². The number of rotatable bonds is 6. The summed E-state index contributed by atoms with van der Waals surface area (Å²) in [5, 5.41) is 2.87. The molecule has 0 rings (SSSR count). The van der Waals surface area contributed by atoms with E-state index < -0.39 is 0 Å². The quantitative estimate of drug-likeness (QED) is 0.595. The average molecular weight is 176 g/mol. The van der Waals surface area contributed by atoms with Crippen molar-refractivity contribution < 1.29 is 9.18 Å². The van der Waals surface area contributed by atoms with Crippen molar-refractivity contribution in [1.82, 2.24) is 10.2 Å². The van der Waals surface area contributed by atoms with E-state index in [2.05, 4.69) is 5.32 Å². The SMILES string of the molecule is CCN(C)C(=O)CNCCCF. The molecule has 0 aliphatic carbocycles. The second kappa shape index (κ2) is 7.03. The van der Waals surface area contributed by atoms with Gasteiger partial charge in [-0.15, -0.1) is 0 Å². The first kappa shape index (κ1) is 11.4. The summed E-state index contributed by atoms with van der Waals surface area (Å²) >= 11 is 0. The molecule has 12 heavy (non-hydrogen) atoms. The van der Waals surface area contributed by atoms with Gasteiger partial charge < -0.3 is 10.2 Å². The van der Waals surface area contributed by atoms with E-state index in [0.29, 0.717) is 26.1 Å². The Balaban J connectivity index is 3.31. The molecule has 3 nitrogen and oxygen atoms in total. The summed E-state index contributed by atoms with van der Waals surface area (Å²) in [6.07, 6.45) is 0.475. The van der Waals surface area contributed by atoms with Crippen LogP contribution in [0, 0.1) is 0 Å². The number of nitrogens with zero attached hydrogens (tertiary/aromatic N) is 1. The standard InChI is InChI=1S/C8H17FN2O/c1-3-11(2)8(12)7-10-6-4-5-9/h10H,3-7H2,1-2H3. The van der Waals surface area contributed by atoms with Crippen LogP contribution >= 0.6 is 0 Å². The highest BCUT2D eigenvalue weighted by Crippen LogP contribution is 1.82. The summed E-state index contributed by atoms with van der Waals surface area (Å²) < 4.78 is 11.6. The lowest BCUT2D eigenvalue weighted by Crippen LogP contribution is -2.35. The Bertz CT molecular complexity index is 130. The number of hydrogen-bond acceptors (Lipinski definition) is 2. The average Bonchev–Trinajstić information content (AvgIpc) is 2.10. The zero-order chi connectivity index (χ0) is 9.40. The van der Waals surface area contributed by atoms with Gasteiger partial charge in [-0.05, 0) is 19.9 Å². The Morgan fingerprint density at radius 2 is 2.25 bits per heavy atom. The van der Waals surface area contributed by atoms with Crippen LogP contribution in [0.15, 0.2) is 0 Å². The fourth-order valence-electron chi connectivity index (χ4n) is 0.698. The minimum absolute atomic E-state index is 0.0522. The first-order chi connectivity index (χ1) is 5.72. The lowest BCUT2D eigenvalue weighted by atomic mass is 10.4. The predicted octanol–water partition coefficient (Wildman–Crippen LogP) is 0.414. The van der Waals surface area contributed by atoms with Crippen molar-refractivity contribution in [2.24, 2.45) is 0 Å². The number of carbonyl (C=O) groups is 1. The highest BCUT2D eigenvalue weighted by atomic mass is 19.1. The molecule has 0 aromatic rings. The van der Waals surface area contributed by atoms with E-state index in [4.69, 9.17) is 0 Å². The van der Waals surface area contributed by atoms with Crippen LogP contribution in [0.1, 0.15) is 13.3 Å². The molecular formula is C8H17FN2O. The summed E-state index contributed by atoms with van der Waals surface area (Å²) in [5.41, 5.74) is 0. The Morgan fingerprint density at radius 1 is 1.58 bits per heavy atom. The first-order valence-electron chi connectivity index (χ1n) is 4.23. The van der Waals surface area contributed by atoms with Gasteiger partial charge in [0.2, 0.25) is 5.91 Å². The van der Waals surface area contributed by atoms with Crippen LogP contribution in [0.2, 0.25) is 0 Å². The van der Waals surface area contributed by atoms with E-state index in [9.17, 15) is 9.18 Å². The molecule has 0 unspecified atom stereocenters. The minimum Gasteiger partial charge on any atom is -0.345 e. The lowest BCUT2D eigenvalue weighted by Gasteiger charge is -2.14. The van der Waals surface area contributed by atoms with Crippen molar-refractivity contribution in [2.45, 2.75) is 13.3 Å². The number of nitrogens with one attached hydrogen (secondary N) is 1. The molecule has 0 saturated carbocycles. The molecule has 0 spiro atoms. The summed E-state index contributed by atoms with van der Waals surface area (Å²) in [6.45, 7) is 3.18. The monoisotopic (exact) mass is 176 g/mol. The minimum atomic E-state index is -0.329. The van der Waals surface area contributed by atoms with Crippen LogP contribution < -0.4 is 5.32 Å². The molecule has 1 N–H and O–H groups in total. The Morgan fingerprint density at radius 3 is 2.75 bits per heavy atom. The fraction of sp³-hybridized carbons (Fsp3) is 0.875. The van der Waals surface area contributed by atoms with Gasteiger partial charge in [0, 0.05) is 13.6 Å². The molecule has 72 valence electrons. The van der Waals surface area contributed by atoms with E-state index in [-0.39, 0.29) is 12.6 Å². The van der Waals surface area contributed by atoms with Gasteiger partial charge in [0.1, 0.15) is 0 Å². The zero-order valence-electron chi connectivity index (χ0n) is 7.77. The molecule has 0 saturated heterocycles. The molecule has 0 bridgehead atoms. The van der Waals surface area contributed by atoms with Crippen molar-refractivity contribution in [2.75, 3.05) is 33.4 Å². The summed E-state index contributed by atoms with van der Waals surface area (Å²) in [5.74, 6) is 0.0522. The van der Waals surface area contributed by atoms with Gasteiger partial charge in [-0.25, -0.2) is 0 Å². The second-order valence-corrected chi connectivity index (χ2v) is 2.63. The van der Waals surface area contributed by atoms with E-state index in [1.54, 1.807) is 11.9 Å². The molecule has 4 heteroatoms. The number of amides is 1. The third kappa shape index (κ3) is 5.07. The Labute approximate surface area is 72.9 Å². The molecule has 0 aromatic carbocycles. The molecular weight excluding hydrogens is 159 g/mol. The van der Waals surface area contributed by atoms with Gasteiger partial charge in [-0.2, -0.15) is 0 Å². The van der Waals surface area contributed by atoms with Crippen LogP contribution in [0.4, 0.5) is 4.39 Å². The normalized spacial score (nSPS) is 9.92. The highest BCUT2D eigenvalue weighted by Gasteiger charge is 2.03. The molecule has 0 fully saturated rings. The van der Waals surface area contributed by atoms with Gasteiger partial charge in [0.25, 0.3) is 0 Å². The zero-order valence-corrected chi connectivity index (χ0v) is 7.77. The number of likely N-dealkylation sites (N-methyl/N-ethyl adjacent to an activating group) is 1. The molecule has 0 atom stereocenters. The Kier molecular flexibility index (Phi) is 6.66. The maximum absolute atomic E-state index is 11.6. The summed E-state index contributed by atoms with van der Waals surface area (Å²) in [6, 6.07) is 0. The van der Waals surface area contributed by atoms with Crippen LogP contribution in [0.25, 0.3) is 0 Å². The van der Waals surface area contributed by atoms with E-state index in [0.717, 1.165) is 0 Å². The van der Waals surface area contributed by atoms with Crippen LogP contribution in [0.5, 0.6) is 0 Å². The van der Waals surface area contributed by atoms with Crippen LogP contribution in [-0.2, 0) is 4.79 Å². The van der Waals surface area contributed by atoms with Crippen molar-refractivity contribution in [3.05, 3.63) is 0 Å². The van der Waals surface area contributed by atoms with Gasteiger partial charge in [0.05, 0.1) is 13.2 Å². The van der Waals surface area contributed by atoms with Crippen LogP contribution in [0.3, 0.4) is 0 Å². The number of carbonyl (C=O) groups excluding carboxylic acids is 1. The summed E-state index contributed by atoms with van der Waals surface area (Å²) in [7, 11) is 1.75. The van der Waals surface area contributed by atoms with Gasteiger partial charge >= 0.3 is 0 Å². The Hall–Kier alpha value is -0.640. The first-order valence-corrected chi connectivity index (χ1v) is 4.23. The lowest BCUT2D eigenvalue weighted by molar-refractivity contribution is -0.128. The number of alkyl halides is 1. The third-order valence-electron chi connectivity index (χ3n) is 1.66. The smallest absolute Gasteiger partial charge is 0.236 e. The van der Waals surface area contributed by atoms with Crippen molar-refractivity contribution in [3.63, 3.8) is 0 Å². The van der Waals surface area contributed by atoms with Gasteiger partial charge in [-0.3, -0.25) is 9.18 Å². The summed E-state index contributed by atoms with van der Waals surface area (Å²) in [4.78, 5) is 12.7. The maximum atomic E-state index is 11.6. The molecule has 0 radical (unpaired) electrons. The van der Waals surface area contributed by atoms with E-state index in [1.165, 1.54) is 0 Å². The number of halogens is 1. The predicted molar refractivity (Wildman–Crippen MR) is 46.8 cm³/mol. The molecule has 0 heterocycles. The molecule has 0 aliphatic rings. The van der Waals surface area contributed by atoms with E-state index in [1.807, 2.05) is 6.92 Å². The van der Waals surface area contributed by atoms with Gasteiger partial charge in [-0.1, -0.05) is 0 Å². The largest absolute Gasteiger partial charge is 0.345 e. The fourth-order valence-corrected chi connectivity index (χ4v) is 0.698. The van der Waals surface area contributed by atoms with Crippen molar-refractivity contribution >= 4 is 5.91 Å².